The number of hydrogen-bond acceptors (Lipinski definition) is 4. The number of anilines is 2. The van der Waals surface area contributed by atoms with Crippen molar-refractivity contribution in [2.24, 2.45) is 0 Å². The summed E-state index contributed by atoms with van der Waals surface area (Å²) in [4.78, 5) is 15.2. The predicted molar refractivity (Wildman–Crippen MR) is 63.7 cm³/mol. The van der Waals surface area contributed by atoms with Gasteiger partial charge in [-0.05, 0) is 25.5 Å². The molecule has 0 aliphatic rings. The molecule has 0 spiro atoms. The fraction of sp³-hybridized carbons (Fsp3) is 0.455. The largest absolute Gasteiger partial charge is 0.450 e. The second-order valence-corrected chi connectivity index (χ2v) is 3.20. The fourth-order valence-corrected chi connectivity index (χ4v) is 1.11. The van der Waals surface area contributed by atoms with Crippen molar-refractivity contribution in [1.82, 2.24) is 4.98 Å². The lowest BCUT2D eigenvalue weighted by Gasteiger charge is -2.06. The summed E-state index contributed by atoms with van der Waals surface area (Å²) < 4.78 is 4.74. The number of aromatic nitrogens is 1. The molecule has 0 aliphatic heterocycles. The van der Waals surface area contributed by atoms with Gasteiger partial charge in [0.15, 0.2) is 0 Å². The molecule has 16 heavy (non-hydrogen) atoms. The number of hydrogen-bond donors (Lipinski definition) is 2. The van der Waals surface area contributed by atoms with Gasteiger partial charge < -0.3 is 10.1 Å². The number of nitrogens with zero attached hydrogens (tertiary/aromatic N) is 1. The minimum atomic E-state index is -0.482. The Morgan fingerprint density at radius 1 is 1.44 bits per heavy atom. The molecule has 1 rings (SSSR count). The maximum atomic E-state index is 11.1. The van der Waals surface area contributed by atoms with E-state index in [4.69, 9.17) is 4.74 Å². The number of carbonyl (C=O) groups is 1. The molecule has 0 aromatic carbocycles. The monoisotopic (exact) mass is 223 g/mol. The SMILES string of the molecule is CCCNc1ccc(NC(=O)OCC)nc1. The molecule has 5 nitrogen and oxygen atoms in total. The zero-order chi connectivity index (χ0) is 11.8. The van der Waals surface area contributed by atoms with Crippen molar-refractivity contribution in [1.29, 1.82) is 0 Å². The molecule has 5 heteroatoms. The molecule has 2 N–H and O–H groups in total. The summed E-state index contributed by atoms with van der Waals surface area (Å²) in [6.07, 6.45) is 2.25. The molecule has 0 bridgehead atoms. The zero-order valence-corrected chi connectivity index (χ0v) is 9.62. The van der Waals surface area contributed by atoms with Crippen LogP contribution in [0.4, 0.5) is 16.3 Å². The van der Waals surface area contributed by atoms with Crippen LogP contribution in [0.25, 0.3) is 0 Å². The first kappa shape index (κ1) is 12.3. The van der Waals surface area contributed by atoms with Crippen LogP contribution in [-0.4, -0.2) is 24.2 Å². The Bertz CT molecular complexity index is 325. The van der Waals surface area contributed by atoms with Gasteiger partial charge in [-0.25, -0.2) is 9.78 Å². The van der Waals surface area contributed by atoms with E-state index in [-0.39, 0.29) is 0 Å². The minimum absolute atomic E-state index is 0.349. The average Bonchev–Trinajstić information content (AvgIpc) is 2.28. The second kappa shape index (κ2) is 6.66. The molecular weight excluding hydrogens is 206 g/mol. The van der Waals surface area contributed by atoms with Crippen LogP contribution in [0.15, 0.2) is 18.3 Å². The lowest BCUT2D eigenvalue weighted by Crippen LogP contribution is -2.14. The van der Waals surface area contributed by atoms with E-state index in [1.165, 1.54) is 0 Å². The number of carbonyl (C=O) groups excluding carboxylic acids is 1. The van der Waals surface area contributed by atoms with Crippen molar-refractivity contribution in [3.63, 3.8) is 0 Å². The summed E-state index contributed by atoms with van der Waals surface area (Å²) >= 11 is 0. The average molecular weight is 223 g/mol. The molecule has 88 valence electrons. The van der Waals surface area contributed by atoms with Crippen LogP contribution >= 0.6 is 0 Å². The topological polar surface area (TPSA) is 63.2 Å². The van der Waals surface area contributed by atoms with Crippen molar-refractivity contribution in [3.05, 3.63) is 18.3 Å². The minimum Gasteiger partial charge on any atom is -0.450 e. The first-order valence-electron chi connectivity index (χ1n) is 5.40. The summed E-state index contributed by atoms with van der Waals surface area (Å²) in [6.45, 7) is 5.11. The maximum Gasteiger partial charge on any atom is 0.412 e. The van der Waals surface area contributed by atoms with E-state index < -0.39 is 6.09 Å². The normalized spacial score (nSPS) is 9.62. The molecule has 0 saturated heterocycles. The van der Waals surface area contributed by atoms with Gasteiger partial charge in [-0.2, -0.15) is 0 Å². The van der Waals surface area contributed by atoms with Crippen molar-refractivity contribution >= 4 is 17.6 Å². The van der Waals surface area contributed by atoms with Crippen LogP contribution in [-0.2, 0) is 4.74 Å². The van der Waals surface area contributed by atoms with Crippen LogP contribution in [0.2, 0.25) is 0 Å². The van der Waals surface area contributed by atoms with Gasteiger partial charge >= 0.3 is 6.09 Å². The van der Waals surface area contributed by atoms with E-state index in [1.807, 2.05) is 6.07 Å². The molecule has 1 aromatic rings. The Balaban J connectivity index is 2.47. The molecule has 0 aliphatic carbocycles. The Hall–Kier alpha value is -1.78. The fourth-order valence-electron chi connectivity index (χ4n) is 1.11. The first-order valence-corrected chi connectivity index (χ1v) is 5.40. The second-order valence-electron chi connectivity index (χ2n) is 3.20. The summed E-state index contributed by atoms with van der Waals surface area (Å²) in [7, 11) is 0. The third-order valence-electron chi connectivity index (χ3n) is 1.85. The highest BCUT2D eigenvalue weighted by atomic mass is 16.5. The molecule has 1 heterocycles. The maximum absolute atomic E-state index is 11.1. The number of amides is 1. The van der Waals surface area contributed by atoms with Crippen LogP contribution in [0.1, 0.15) is 20.3 Å². The highest BCUT2D eigenvalue weighted by molar-refractivity contribution is 5.83. The van der Waals surface area contributed by atoms with Crippen LogP contribution < -0.4 is 10.6 Å². The number of ether oxygens (including phenoxy) is 1. The van der Waals surface area contributed by atoms with E-state index in [0.717, 1.165) is 18.7 Å². The molecule has 1 aromatic heterocycles. The van der Waals surface area contributed by atoms with Gasteiger partial charge in [-0.1, -0.05) is 6.92 Å². The standard InChI is InChI=1S/C11H17N3O2/c1-3-7-12-9-5-6-10(13-8-9)14-11(15)16-4-2/h5-6,8,12H,3-4,7H2,1-2H3,(H,13,14,15). The number of rotatable bonds is 5. The van der Waals surface area contributed by atoms with Crippen LogP contribution in [0.3, 0.4) is 0 Å². The summed E-state index contributed by atoms with van der Waals surface area (Å²) in [5.74, 6) is 0.487. The van der Waals surface area contributed by atoms with Gasteiger partial charge in [0.05, 0.1) is 18.5 Å². The molecule has 0 unspecified atom stereocenters. The van der Waals surface area contributed by atoms with Crippen LogP contribution in [0.5, 0.6) is 0 Å². The van der Waals surface area contributed by atoms with Crippen molar-refractivity contribution in [2.45, 2.75) is 20.3 Å². The Morgan fingerprint density at radius 3 is 2.81 bits per heavy atom. The Morgan fingerprint density at radius 2 is 2.25 bits per heavy atom. The Kier molecular flexibility index (Phi) is 5.11. The number of nitrogens with one attached hydrogen (secondary N) is 2. The quantitative estimate of drug-likeness (QED) is 0.805. The lowest BCUT2D eigenvalue weighted by molar-refractivity contribution is 0.168. The zero-order valence-electron chi connectivity index (χ0n) is 9.62. The molecular formula is C11H17N3O2. The van der Waals surface area contributed by atoms with E-state index in [9.17, 15) is 4.79 Å². The highest BCUT2D eigenvalue weighted by Crippen LogP contribution is 2.09. The van der Waals surface area contributed by atoms with Gasteiger partial charge in [0.1, 0.15) is 5.82 Å². The third-order valence-corrected chi connectivity index (χ3v) is 1.85. The molecule has 0 fully saturated rings. The Labute approximate surface area is 95.2 Å². The van der Waals surface area contributed by atoms with E-state index in [2.05, 4.69) is 22.5 Å². The molecule has 0 atom stereocenters. The van der Waals surface area contributed by atoms with E-state index in [1.54, 1.807) is 19.2 Å². The molecule has 0 radical (unpaired) electrons. The van der Waals surface area contributed by atoms with Gasteiger partial charge in [-0.15, -0.1) is 0 Å². The molecule has 1 amide bonds. The first-order chi connectivity index (χ1) is 7.76. The van der Waals surface area contributed by atoms with Gasteiger partial charge in [0, 0.05) is 6.54 Å². The van der Waals surface area contributed by atoms with E-state index >= 15 is 0 Å². The molecule has 0 saturated carbocycles. The van der Waals surface area contributed by atoms with Gasteiger partial charge in [0.25, 0.3) is 0 Å². The van der Waals surface area contributed by atoms with Crippen LogP contribution in [0, 0.1) is 0 Å². The van der Waals surface area contributed by atoms with Crippen molar-refractivity contribution in [2.75, 3.05) is 23.8 Å². The lowest BCUT2D eigenvalue weighted by atomic mass is 10.4. The summed E-state index contributed by atoms with van der Waals surface area (Å²) in [6, 6.07) is 3.60. The van der Waals surface area contributed by atoms with Crippen molar-refractivity contribution < 1.29 is 9.53 Å². The summed E-state index contributed by atoms with van der Waals surface area (Å²) in [5, 5.41) is 5.72. The van der Waals surface area contributed by atoms with E-state index in [0.29, 0.717) is 12.4 Å². The van der Waals surface area contributed by atoms with Gasteiger partial charge in [0.2, 0.25) is 0 Å². The summed E-state index contributed by atoms with van der Waals surface area (Å²) in [5.41, 5.74) is 0.941. The number of pyridine rings is 1. The smallest absolute Gasteiger partial charge is 0.412 e. The third kappa shape index (κ3) is 4.16. The van der Waals surface area contributed by atoms with Gasteiger partial charge in [-0.3, -0.25) is 5.32 Å². The van der Waals surface area contributed by atoms with Crippen molar-refractivity contribution in [3.8, 4) is 0 Å². The predicted octanol–water partition coefficient (Wildman–Crippen LogP) is 2.47. The highest BCUT2D eigenvalue weighted by Gasteiger charge is 2.02.